The number of hydrogen-bond donors (Lipinski definition) is 1. The number of rotatable bonds is 1. The molecule has 0 bridgehead atoms. The molecule has 0 fully saturated rings. The fourth-order valence-corrected chi connectivity index (χ4v) is 2.11. The Morgan fingerprint density at radius 2 is 1.38 bits per heavy atom. The van der Waals surface area contributed by atoms with E-state index in [0.29, 0.717) is 0 Å². The summed E-state index contributed by atoms with van der Waals surface area (Å²) in [4.78, 5) is 10.8. The number of carbonyl (C=O) groups is 1. The molecule has 0 saturated heterocycles. The highest BCUT2D eigenvalue weighted by molar-refractivity contribution is 5.87. The molecule has 0 aliphatic heterocycles. The van der Waals surface area contributed by atoms with Crippen LogP contribution in [-0.2, 0) is 0 Å². The predicted molar refractivity (Wildman–Crippen MR) is 83.3 cm³/mol. The Labute approximate surface area is 122 Å². The van der Waals surface area contributed by atoms with Gasteiger partial charge in [0.05, 0.1) is 5.56 Å². The maximum Gasteiger partial charge on any atom is 0.335 e. The molecule has 3 aromatic carbocycles. The fourth-order valence-electron chi connectivity index (χ4n) is 2.11. The first-order valence-corrected chi connectivity index (χ1v) is 6.56. The molecule has 0 heterocycles. The highest BCUT2D eigenvalue weighted by atomic mass is 16.4. The quantitative estimate of drug-likeness (QED) is 0.681. The molecule has 0 atom stereocenters. The third kappa shape index (κ3) is 2.93. The molecule has 0 unspecified atom stereocenters. The van der Waals surface area contributed by atoms with Crippen LogP contribution in [0.5, 0.6) is 0 Å². The third-order valence-electron chi connectivity index (χ3n) is 3.23. The van der Waals surface area contributed by atoms with Crippen molar-refractivity contribution < 1.29 is 9.90 Å². The molecule has 3 aromatic rings. The predicted octanol–water partition coefficient (Wildman–Crippen LogP) is 3.94. The van der Waals surface area contributed by atoms with Crippen LogP contribution in [0.15, 0.2) is 66.7 Å². The second-order valence-corrected chi connectivity index (χ2v) is 4.69. The van der Waals surface area contributed by atoms with Crippen molar-refractivity contribution in [1.29, 1.82) is 0 Å². The Bertz CT molecular complexity index is 865. The summed E-state index contributed by atoms with van der Waals surface area (Å²) in [6.45, 7) is 0. The minimum absolute atomic E-state index is 0.270. The van der Waals surface area contributed by atoms with E-state index >= 15 is 0 Å². The summed E-state index contributed by atoms with van der Waals surface area (Å²) < 4.78 is 0. The van der Waals surface area contributed by atoms with Crippen molar-refractivity contribution in [2.24, 2.45) is 0 Å². The van der Waals surface area contributed by atoms with Crippen LogP contribution in [0.1, 0.15) is 21.5 Å². The smallest absolute Gasteiger partial charge is 0.335 e. The summed E-state index contributed by atoms with van der Waals surface area (Å²) in [5.74, 6) is 5.23. The zero-order chi connectivity index (χ0) is 14.7. The molecule has 0 saturated carbocycles. The van der Waals surface area contributed by atoms with E-state index in [9.17, 15) is 4.79 Å². The van der Waals surface area contributed by atoms with Crippen LogP contribution in [0.25, 0.3) is 10.8 Å². The van der Waals surface area contributed by atoms with Crippen molar-refractivity contribution in [3.05, 3.63) is 83.4 Å². The minimum Gasteiger partial charge on any atom is -0.478 e. The topological polar surface area (TPSA) is 37.3 Å². The minimum atomic E-state index is -0.927. The van der Waals surface area contributed by atoms with Crippen molar-refractivity contribution in [2.45, 2.75) is 0 Å². The monoisotopic (exact) mass is 272 g/mol. The molecule has 0 radical (unpaired) electrons. The van der Waals surface area contributed by atoms with E-state index in [4.69, 9.17) is 5.11 Å². The Balaban J connectivity index is 1.89. The van der Waals surface area contributed by atoms with Crippen molar-refractivity contribution in [3.8, 4) is 11.8 Å². The van der Waals surface area contributed by atoms with E-state index < -0.39 is 5.97 Å². The SMILES string of the molecule is O=C(O)c1ccc(C#Cc2ccc3ccccc3c2)cc1. The average Bonchev–Trinajstić information content (AvgIpc) is 2.53. The Morgan fingerprint density at radius 3 is 2.10 bits per heavy atom. The van der Waals surface area contributed by atoms with E-state index in [1.165, 1.54) is 5.39 Å². The lowest BCUT2D eigenvalue weighted by molar-refractivity contribution is 0.0697. The zero-order valence-corrected chi connectivity index (χ0v) is 11.2. The standard InChI is InChI=1S/C19H12O2/c20-19(21)17-11-7-14(8-12-17)5-6-15-9-10-16-3-1-2-4-18(16)13-15/h1-4,7-13H,(H,20,21). The lowest BCUT2D eigenvalue weighted by Crippen LogP contribution is -1.94. The first kappa shape index (κ1) is 13.0. The van der Waals surface area contributed by atoms with Crippen molar-refractivity contribution in [1.82, 2.24) is 0 Å². The molecule has 0 aromatic heterocycles. The number of fused-ring (bicyclic) bond motifs is 1. The first-order chi connectivity index (χ1) is 10.2. The molecule has 2 heteroatoms. The van der Waals surface area contributed by atoms with E-state index in [0.717, 1.165) is 16.5 Å². The lowest BCUT2D eigenvalue weighted by Gasteiger charge is -1.97. The Morgan fingerprint density at radius 1 is 0.762 bits per heavy atom. The van der Waals surface area contributed by atoms with Gasteiger partial charge in [0.15, 0.2) is 0 Å². The van der Waals surface area contributed by atoms with Crippen LogP contribution in [0.4, 0.5) is 0 Å². The van der Waals surface area contributed by atoms with E-state index in [-0.39, 0.29) is 5.56 Å². The maximum absolute atomic E-state index is 10.8. The molecule has 100 valence electrons. The molecular weight excluding hydrogens is 260 g/mol. The van der Waals surface area contributed by atoms with Gasteiger partial charge in [-0.05, 0) is 47.2 Å². The van der Waals surface area contributed by atoms with Crippen molar-refractivity contribution in [2.75, 3.05) is 0 Å². The summed E-state index contributed by atoms with van der Waals surface area (Å²) in [5.41, 5.74) is 2.01. The molecule has 0 spiro atoms. The number of carboxylic acids is 1. The summed E-state index contributed by atoms with van der Waals surface area (Å²) in [6, 6.07) is 20.8. The number of carboxylic acid groups (broad SMARTS) is 1. The molecule has 2 nitrogen and oxygen atoms in total. The average molecular weight is 272 g/mol. The Kier molecular flexibility index (Phi) is 3.41. The largest absolute Gasteiger partial charge is 0.478 e. The number of aromatic carboxylic acids is 1. The van der Waals surface area contributed by atoms with Gasteiger partial charge in [0.25, 0.3) is 0 Å². The van der Waals surface area contributed by atoms with Gasteiger partial charge >= 0.3 is 5.97 Å². The second-order valence-electron chi connectivity index (χ2n) is 4.69. The summed E-state index contributed by atoms with van der Waals surface area (Å²) >= 11 is 0. The Hall–Kier alpha value is -3.05. The van der Waals surface area contributed by atoms with Gasteiger partial charge in [-0.1, -0.05) is 42.2 Å². The van der Waals surface area contributed by atoms with E-state index in [2.05, 4.69) is 24.0 Å². The summed E-state index contributed by atoms with van der Waals surface area (Å²) in [6.07, 6.45) is 0. The fraction of sp³-hybridized carbons (Fsp3) is 0. The van der Waals surface area contributed by atoms with Gasteiger partial charge in [-0.2, -0.15) is 0 Å². The number of hydrogen-bond acceptors (Lipinski definition) is 1. The molecule has 0 amide bonds. The normalized spacial score (nSPS) is 9.90. The van der Waals surface area contributed by atoms with E-state index in [1.807, 2.05) is 30.3 Å². The van der Waals surface area contributed by atoms with Gasteiger partial charge in [0.1, 0.15) is 0 Å². The number of benzene rings is 3. The van der Waals surface area contributed by atoms with Crippen LogP contribution < -0.4 is 0 Å². The van der Waals surface area contributed by atoms with Crippen LogP contribution in [0.3, 0.4) is 0 Å². The van der Waals surface area contributed by atoms with Gasteiger partial charge < -0.3 is 5.11 Å². The van der Waals surface area contributed by atoms with Gasteiger partial charge in [-0.25, -0.2) is 4.79 Å². The van der Waals surface area contributed by atoms with Crippen molar-refractivity contribution >= 4 is 16.7 Å². The molecule has 1 N–H and O–H groups in total. The molecule has 0 aliphatic rings. The van der Waals surface area contributed by atoms with Crippen LogP contribution in [0.2, 0.25) is 0 Å². The molecule has 0 aliphatic carbocycles. The first-order valence-electron chi connectivity index (χ1n) is 6.56. The van der Waals surface area contributed by atoms with Crippen LogP contribution in [0, 0.1) is 11.8 Å². The van der Waals surface area contributed by atoms with E-state index in [1.54, 1.807) is 24.3 Å². The summed E-state index contributed by atoms with van der Waals surface area (Å²) in [7, 11) is 0. The van der Waals surface area contributed by atoms with Gasteiger partial charge in [-0.3, -0.25) is 0 Å². The highest BCUT2D eigenvalue weighted by Crippen LogP contribution is 2.15. The second kappa shape index (κ2) is 5.52. The van der Waals surface area contributed by atoms with Gasteiger partial charge in [0.2, 0.25) is 0 Å². The maximum atomic E-state index is 10.8. The zero-order valence-electron chi connectivity index (χ0n) is 11.2. The van der Waals surface area contributed by atoms with Crippen molar-refractivity contribution in [3.63, 3.8) is 0 Å². The third-order valence-corrected chi connectivity index (χ3v) is 3.23. The molecule has 21 heavy (non-hydrogen) atoms. The lowest BCUT2D eigenvalue weighted by atomic mass is 10.1. The highest BCUT2D eigenvalue weighted by Gasteiger charge is 2.00. The van der Waals surface area contributed by atoms with Gasteiger partial charge in [-0.15, -0.1) is 0 Å². The van der Waals surface area contributed by atoms with Gasteiger partial charge in [0, 0.05) is 11.1 Å². The summed E-state index contributed by atoms with van der Waals surface area (Å²) in [5, 5.41) is 11.2. The molecular formula is C19H12O2. The van der Waals surface area contributed by atoms with Crippen LogP contribution >= 0.6 is 0 Å². The molecule has 3 rings (SSSR count). The van der Waals surface area contributed by atoms with Crippen LogP contribution in [-0.4, -0.2) is 11.1 Å².